The molecule has 0 radical (unpaired) electrons. The minimum absolute atomic E-state index is 0.131. The van der Waals surface area contributed by atoms with Gasteiger partial charge in [0.1, 0.15) is 5.78 Å². The van der Waals surface area contributed by atoms with Crippen LogP contribution in [0.15, 0.2) is 6.07 Å². The van der Waals surface area contributed by atoms with Crippen LogP contribution in [-0.2, 0) is 11.2 Å². The summed E-state index contributed by atoms with van der Waals surface area (Å²) >= 11 is 0. The van der Waals surface area contributed by atoms with Crippen molar-refractivity contribution >= 4 is 5.78 Å². The van der Waals surface area contributed by atoms with Crippen LogP contribution in [0, 0.1) is 0 Å². The van der Waals surface area contributed by atoms with E-state index in [1.54, 1.807) is 13.0 Å². The second kappa shape index (κ2) is 5.29. The first-order valence-corrected chi connectivity index (χ1v) is 4.61. The van der Waals surface area contributed by atoms with Gasteiger partial charge in [-0.05, 0) is 13.3 Å². The van der Waals surface area contributed by atoms with Crippen LogP contribution in [0.3, 0.4) is 0 Å². The van der Waals surface area contributed by atoms with Gasteiger partial charge in [-0.3, -0.25) is 0 Å². The lowest BCUT2D eigenvalue weighted by molar-refractivity contribution is -0.117. The quantitative estimate of drug-likeness (QED) is 0.726. The molecular formula is C10H14N2O3. The van der Waals surface area contributed by atoms with Gasteiger partial charge in [-0.1, -0.05) is 0 Å². The molecule has 0 bridgehead atoms. The molecule has 5 nitrogen and oxygen atoms in total. The van der Waals surface area contributed by atoms with Gasteiger partial charge in [0.05, 0.1) is 19.9 Å². The van der Waals surface area contributed by atoms with E-state index in [1.165, 1.54) is 14.2 Å². The monoisotopic (exact) mass is 210 g/mol. The molecule has 0 saturated heterocycles. The molecule has 1 aromatic rings. The maximum Gasteiger partial charge on any atom is 0.319 e. The largest absolute Gasteiger partial charge is 0.481 e. The predicted molar refractivity (Wildman–Crippen MR) is 54.1 cm³/mol. The molecule has 1 aromatic heterocycles. The van der Waals surface area contributed by atoms with Crippen molar-refractivity contribution in [2.24, 2.45) is 0 Å². The summed E-state index contributed by atoms with van der Waals surface area (Å²) in [6.45, 7) is 1.55. The molecule has 0 N–H and O–H groups in total. The fraction of sp³-hybridized carbons (Fsp3) is 0.500. The van der Waals surface area contributed by atoms with E-state index in [2.05, 4.69) is 9.97 Å². The standard InChI is InChI=1S/C10H14N2O3/c1-7(13)4-5-8-6-9(14-2)12-10(11-8)15-3/h6H,4-5H2,1-3H3. The topological polar surface area (TPSA) is 61.3 Å². The third kappa shape index (κ3) is 3.53. The van der Waals surface area contributed by atoms with Crippen LogP contribution < -0.4 is 9.47 Å². The van der Waals surface area contributed by atoms with Crippen LogP contribution in [0.2, 0.25) is 0 Å². The van der Waals surface area contributed by atoms with Crippen molar-refractivity contribution in [1.82, 2.24) is 9.97 Å². The molecule has 82 valence electrons. The molecule has 0 amide bonds. The molecule has 0 saturated carbocycles. The van der Waals surface area contributed by atoms with Crippen molar-refractivity contribution < 1.29 is 14.3 Å². The normalized spacial score (nSPS) is 9.80. The number of Topliss-reactive ketones (excluding diaryl/α,β-unsaturated/α-hetero) is 1. The highest BCUT2D eigenvalue weighted by Gasteiger charge is 2.05. The van der Waals surface area contributed by atoms with Crippen LogP contribution in [0.1, 0.15) is 19.0 Å². The average molecular weight is 210 g/mol. The van der Waals surface area contributed by atoms with Crippen LogP contribution in [0.25, 0.3) is 0 Å². The zero-order valence-corrected chi connectivity index (χ0v) is 9.11. The number of methoxy groups -OCH3 is 2. The van der Waals surface area contributed by atoms with Gasteiger partial charge in [0.25, 0.3) is 0 Å². The number of nitrogens with zero attached hydrogens (tertiary/aromatic N) is 2. The zero-order valence-electron chi connectivity index (χ0n) is 9.11. The van der Waals surface area contributed by atoms with Gasteiger partial charge >= 0.3 is 6.01 Å². The molecule has 0 atom stereocenters. The van der Waals surface area contributed by atoms with E-state index in [9.17, 15) is 4.79 Å². The molecule has 0 fully saturated rings. The Labute approximate surface area is 88.4 Å². The van der Waals surface area contributed by atoms with Gasteiger partial charge in [0.2, 0.25) is 5.88 Å². The Balaban J connectivity index is 2.81. The molecule has 0 unspecified atom stereocenters. The second-order valence-electron chi connectivity index (χ2n) is 3.09. The summed E-state index contributed by atoms with van der Waals surface area (Å²) in [5.41, 5.74) is 0.744. The molecule has 0 aliphatic carbocycles. The molecule has 0 aromatic carbocycles. The molecule has 1 heterocycles. The van der Waals surface area contributed by atoms with Crippen molar-refractivity contribution in [3.63, 3.8) is 0 Å². The van der Waals surface area contributed by atoms with Crippen molar-refractivity contribution in [1.29, 1.82) is 0 Å². The van der Waals surface area contributed by atoms with E-state index in [-0.39, 0.29) is 11.8 Å². The van der Waals surface area contributed by atoms with Gasteiger partial charge in [0.15, 0.2) is 0 Å². The highest BCUT2D eigenvalue weighted by molar-refractivity contribution is 5.75. The summed E-state index contributed by atoms with van der Waals surface area (Å²) in [4.78, 5) is 18.9. The first-order valence-electron chi connectivity index (χ1n) is 4.61. The van der Waals surface area contributed by atoms with Crippen LogP contribution >= 0.6 is 0 Å². The maximum absolute atomic E-state index is 10.8. The van der Waals surface area contributed by atoms with Crippen molar-refractivity contribution in [2.45, 2.75) is 19.8 Å². The van der Waals surface area contributed by atoms with E-state index < -0.39 is 0 Å². The molecular weight excluding hydrogens is 196 g/mol. The Morgan fingerprint density at radius 2 is 2.07 bits per heavy atom. The van der Waals surface area contributed by atoms with Gasteiger partial charge in [0, 0.05) is 12.5 Å². The number of rotatable bonds is 5. The predicted octanol–water partition coefficient (Wildman–Crippen LogP) is 1.02. The van der Waals surface area contributed by atoms with Gasteiger partial charge < -0.3 is 14.3 Å². The molecule has 0 aliphatic rings. The lowest BCUT2D eigenvalue weighted by Crippen LogP contribution is -2.01. The minimum Gasteiger partial charge on any atom is -0.481 e. The van der Waals surface area contributed by atoms with Gasteiger partial charge in [-0.15, -0.1) is 0 Å². The highest BCUT2D eigenvalue weighted by Crippen LogP contribution is 2.14. The SMILES string of the molecule is COc1cc(CCC(C)=O)nc(OC)n1. The number of ether oxygens (including phenoxy) is 2. The summed E-state index contributed by atoms with van der Waals surface area (Å²) in [6.07, 6.45) is 1.04. The third-order valence-electron chi connectivity index (χ3n) is 1.86. The fourth-order valence-electron chi connectivity index (χ4n) is 1.08. The first kappa shape index (κ1) is 11.4. The maximum atomic E-state index is 10.8. The fourth-order valence-corrected chi connectivity index (χ4v) is 1.08. The molecule has 15 heavy (non-hydrogen) atoms. The summed E-state index contributed by atoms with van der Waals surface area (Å²) in [6, 6.07) is 1.96. The minimum atomic E-state index is 0.131. The number of ketones is 1. The van der Waals surface area contributed by atoms with Crippen molar-refractivity contribution in [3.8, 4) is 11.9 Å². The first-order chi connectivity index (χ1) is 7.15. The van der Waals surface area contributed by atoms with Crippen molar-refractivity contribution in [2.75, 3.05) is 14.2 Å². The van der Waals surface area contributed by atoms with E-state index in [0.29, 0.717) is 18.7 Å². The Hall–Kier alpha value is -1.65. The summed E-state index contributed by atoms with van der Waals surface area (Å²) in [7, 11) is 3.01. The van der Waals surface area contributed by atoms with Gasteiger partial charge in [-0.2, -0.15) is 4.98 Å². The van der Waals surface area contributed by atoms with Crippen LogP contribution in [0.4, 0.5) is 0 Å². The lowest BCUT2D eigenvalue weighted by atomic mass is 10.2. The summed E-state index contributed by atoms with van der Waals surface area (Å²) in [5, 5.41) is 0. The number of carbonyl (C=O) groups is 1. The molecule has 0 spiro atoms. The van der Waals surface area contributed by atoms with Crippen LogP contribution in [-0.4, -0.2) is 30.0 Å². The third-order valence-corrected chi connectivity index (χ3v) is 1.86. The molecule has 1 rings (SSSR count). The highest BCUT2D eigenvalue weighted by atomic mass is 16.5. The Bertz CT molecular complexity index is 330. The average Bonchev–Trinajstić information content (AvgIpc) is 2.25. The molecule has 5 heteroatoms. The summed E-state index contributed by atoms with van der Waals surface area (Å²) in [5.74, 6) is 0.576. The van der Waals surface area contributed by atoms with E-state index in [1.807, 2.05) is 0 Å². The van der Waals surface area contributed by atoms with Crippen LogP contribution in [0.5, 0.6) is 11.9 Å². The zero-order chi connectivity index (χ0) is 11.3. The number of carbonyl (C=O) groups excluding carboxylic acids is 1. The number of aromatic nitrogens is 2. The van der Waals surface area contributed by atoms with E-state index >= 15 is 0 Å². The number of hydrogen-bond donors (Lipinski definition) is 0. The smallest absolute Gasteiger partial charge is 0.319 e. The summed E-state index contributed by atoms with van der Waals surface area (Å²) < 4.78 is 9.91. The second-order valence-corrected chi connectivity index (χ2v) is 3.09. The van der Waals surface area contributed by atoms with E-state index in [0.717, 1.165) is 5.69 Å². The molecule has 0 aliphatic heterocycles. The number of hydrogen-bond acceptors (Lipinski definition) is 5. The number of aryl methyl sites for hydroxylation is 1. The van der Waals surface area contributed by atoms with Gasteiger partial charge in [-0.25, -0.2) is 4.98 Å². The Morgan fingerprint density at radius 3 is 2.60 bits per heavy atom. The Kier molecular flexibility index (Phi) is 4.03. The van der Waals surface area contributed by atoms with Crippen molar-refractivity contribution in [3.05, 3.63) is 11.8 Å². The lowest BCUT2D eigenvalue weighted by Gasteiger charge is -2.05. The Morgan fingerprint density at radius 1 is 1.33 bits per heavy atom. The van der Waals surface area contributed by atoms with E-state index in [4.69, 9.17) is 9.47 Å².